The molecular formula is C13H17Cl2N. The van der Waals surface area contributed by atoms with E-state index in [1.54, 1.807) is 0 Å². The monoisotopic (exact) mass is 257 g/mol. The quantitative estimate of drug-likeness (QED) is 0.873. The van der Waals surface area contributed by atoms with E-state index in [9.17, 15) is 0 Å². The van der Waals surface area contributed by atoms with Gasteiger partial charge >= 0.3 is 0 Å². The first-order chi connectivity index (χ1) is 7.72. The number of nitrogens with two attached hydrogens (primary N) is 1. The van der Waals surface area contributed by atoms with Gasteiger partial charge in [0.2, 0.25) is 0 Å². The molecule has 2 unspecified atom stereocenters. The number of rotatable bonds is 3. The van der Waals surface area contributed by atoms with E-state index in [1.807, 2.05) is 12.1 Å². The minimum Gasteiger partial charge on any atom is -0.330 e. The van der Waals surface area contributed by atoms with Crippen LogP contribution in [0.3, 0.4) is 0 Å². The average Bonchev–Trinajstić information content (AvgIpc) is 2.72. The number of benzene rings is 1. The molecule has 1 aromatic carbocycles. The lowest BCUT2D eigenvalue weighted by Crippen LogP contribution is -2.20. The van der Waals surface area contributed by atoms with E-state index in [0.717, 1.165) is 13.0 Å². The highest BCUT2D eigenvalue weighted by Gasteiger charge is 2.26. The summed E-state index contributed by atoms with van der Waals surface area (Å²) in [7, 11) is 0. The van der Waals surface area contributed by atoms with Crippen LogP contribution >= 0.6 is 23.2 Å². The Morgan fingerprint density at radius 2 is 1.94 bits per heavy atom. The highest BCUT2D eigenvalue weighted by atomic mass is 35.5. The molecule has 0 aliphatic heterocycles. The Hall–Kier alpha value is -0.240. The van der Waals surface area contributed by atoms with Crippen LogP contribution in [0.2, 0.25) is 10.0 Å². The number of hydrogen-bond acceptors (Lipinski definition) is 1. The molecule has 1 nitrogen and oxygen atoms in total. The maximum Gasteiger partial charge on any atom is 0.0624 e. The highest BCUT2D eigenvalue weighted by Crippen LogP contribution is 2.36. The third-order valence-electron chi connectivity index (χ3n) is 3.63. The van der Waals surface area contributed by atoms with Crippen molar-refractivity contribution in [1.29, 1.82) is 0 Å². The van der Waals surface area contributed by atoms with Gasteiger partial charge in [-0.15, -0.1) is 0 Å². The zero-order valence-electron chi connectivity index (χ0n) is 9.26. The molecule has 1 fully saturated rings. The molecule has 16 heavy (non-hydrogen) atoms. The van der Waals surface area contributed by atoms with Gasteiger partial charge in [-0.05, 0) is 49.3 Å². The molecule has 1 saturated carbocycles. The lowest BCUT2D eigenvalue weighted by atomic mass is 9.90. The van der Waals surface area contributed by atoms with Gasteiger partial charge in [0.05, 0.1) is 10.0 Å². The molecule has 0 amide bonds. The van der Waals surface area contributed by atoms with Crippen molar-refractivity contribution < 1.29 is 0 Å². The average molecular weight is 258 g/mol. The zero-order chi connectivity index (χ0) is 11.5. The SMILES string of the molecule is NCC1CCCC1Cc1cccc(Cl)c1Cl. The molecule has 3 heteroatoms. The third-order valence-corrected chi connectivity index (χ3v) is 4.49. The van der Waals surface area contributed by atoms with E-state index in [1.165, 1.54) is 24.8 Å². The Kier molecular flexibility index (Phi) is 4.12. The van der Waals surface area contributed by atoms with Gasteiger partial charge in [-0.3, -0.25) is 0 Å². The van der Waals surface area contributed by atoms with Gasteiger partial charge in [-0.2, -0.15) is 0 Å². The van der Waals surface area contributed by atoms with Crippen molar-refractivity contribution in [2.75, 3.05) is 6.54 Å². The fourth-order valence-electron chi connectivity index (χ4n) is 2.68. The second-order valence-electron chi connectivity index (χ2n) is 4.60. The predicted octanol–water partition coefficient (Wildman–Crippen LogP) is 3.91. The van der Waals surface area contributed by atoms with Gasteiger partial charge in [-0.25, -0.2) is 0 Å². The standard InChI is InChI=1S/C13H17Cl2N/c14-12-6-2-4-10(13(12)15)7-9-3-1-5-11(9)8-16/h2,4,6,9,11H,1,3,5,7-8,16H2. The van der Waals surface area contributed by atoms with Crippen molar-refractivity contribution in [3.8, 4) is 0 Å². The van der Waals surface area contributed by atoms with Crippen LogP contribution in [-0.2, 0) is 6.42 Å². The van der Waals surface area contributed by atoms with Crippen molar-refractivity contribution in [3.63, 3.8) is 0 Å². The number of hydrogen-bond donors (Lipinski definition) is 1. The van der Waals surface area contributed by atoms with Gasteiger partial charge in [0.1, 0.15) is 0 Å². The second-order valence-corrected chi connectivity index (χ2v) is 5.39. The zero-order valence-corrected chi connectivity index (χ0v) is 10.8. The summed E-state index contributed by atoms with van der Waals surface area (Å²) in [5.74, 6) is 1.34. The van der Waals surface area contributed by atoms with Crippen LogP contribution in [0.15, 0.2) is 18.2 Å². The summed E-state index contributed by atoms with van der Waals surface area (Å²) < 4.78 is 0. The summed E-state index contributed by atoms with van der Waals surface area (Å²) in [5.41, 5.74) is 6.95. The molecule has 1 aliphatic rings. The lowest BCUT2D eigenvalue weighted by molar-refractivity contribution is 0.394. The van der Waals surface area contributed by atoms with Crippen LogP contribution in [-0.4, -0.2) is 6.54 Å². The van der Waals surface area contributed by atoms with Gasteiger partial charge < -0.3 is 5.73 Å². The van der Waals surface area contributed by atoms with Crippen molar-refractivity contribution in [1.82, 2.24) is 0 Å². The molecule has 0 heterocycles. The maximum atomic E-state index is 6.20. The smallest absolute Gasteiger partial charge is 0.0624 e. The Morgan fingerprint density at radius 3 is 2.69 bits per heavy atom. The highest BCUT2D eigenvalue weighted by molar-refractivity contribution is 6.42. The largest absolute Gasteiger partial charge is 0.330 e. The molecule has 0 bridgehead atoms. The maximum absolute atomic E-state index is 6.20. The van der Waals surface area contributed by atoms with Crippen molar-refractivity contribution >= 4 is 23.2 Å². The van der Waals surface area contributed by atoms with Crippen LogP contribution in [0.1, 0.15) is 24.8 Å². The summed E-state index contributed by atoms with van der Waals surface area (Å²) >= 11 is 12.2. The fourth-order valence-corrected chi connectivity index (χ4v) is 3.08. The first-order valence-corrected chi connectivity index (χ1v) is 6.61. The molecule has 2 rings (SSSR count). The first kappa shape index (κ1) is 12.2. The molecule has 88 valence electrons. The normalized spacial score (nSPS) is 24.9. The predicted molar refractivity (Wildman–Crippen MR) is 70.1 cm³/mol. The topological polar surface area (TPSA) is 26.0 Å². The molecule has 0 aromatic heterocycles. The summed E-state index contributed by atoms with van der Waals surface area (Å²) in [6.07, 6.45) is 4.84. The summed E-state index contributed by atoms with van der Waals surface area (Å²) in [6.45, 7) is 0.794. The van der Waals surface area contributed by atoms with Gasteiger partial charge in [0.25, 0.3) is 0 Å². The third kappa shape index (κ3) is 2.53. The Morgan fingerprint density at radius 1 is 1.19 bits per heavy atom. The van der Waals surface area contributed by atoms with Gasteiger partial charge in [0.15, 0.2) is 0 Å². The molecule has 2 N–H and O–H groups in total. The first-order valence-electron chi connectivity index (χ1n) is 5.85. The molecule has 0 radical (unpaired) electrons. The molecule has 1 aliphatic carbocycles. The minimum atomic E-state index is 0.654. The Bertz CT molecular complexity index is 365. The van der Waals surface area contributed by atoms with E-state index < -0.39 is 0 Å². The van der Waals surface area contributed by atoms with Crippen LogP contribution in [0.4, 0.5) is 0 Å². The Labute approximate surface area is 107 Å². The van der Waals surface area contributed by atoms with Crippen LogP contribution in [0, 0.1) is 11.8 Å². The van der Waals surface area contributed by atoms with Crippen LogP contribution in [0.5, 0.6) is 0 Å². The van der Waals surface area contributed by atoms with Gasteiger partial charge in [-0.1, -0.05) is 41.8 Å². The summed E-state index contributed by atoms with van der Waals surface area (Å²) in [4.78, 5) is 0. The minimum absolute atomic E-state index is 0.654. The second kappa shape index (κ2) is 5.39. The van der Waals surface area contributed by atoms with Crippen molar-refractivity contribution in [2.24, 2.45) is 17.6 Å². The molecule has 0 spiro atoms. The van der Waals surface area contributed by atoms with E-state index in [4.69, 9.17) is 28.9 Å². The lowest BCUT2D eigenvalue weighted by Gasteiger charge is -2.18. The van der Waals surface area contributed by atoms with Crippen LogP contribution < -0.4 is 5.73 Å². The molecular weight excluding hydrogens is 241 g/mol. The summed E-state index contributed by atoms with van der Waals surface area (Å²) in [5, 5.41) is 1.37. The molecule has 0 saturated heterocycles. The molecule has 2 atom stereocenters. The van der Waals surface area contributed by atoms with E-state index in [2.05, 4.69) is 6.07 Å². The molecule has 1 aromatic rings. The number of halogens is 2. The van der Waals surface area contributed by atoms with E-state index >= 15 is 0 Å². The fraction of sp³-hybridized carbons (Fsp3) is 0.538. The summed E-state index contributed by atoms with van der Waals surface area (Å²) in [6, 6.07) is 5.87. The van der Waals surface area contributed by atoms with Gasteiger partial charge in [0, 0.05) is 0 Å². The Balaban J connectivity index is 2.11. The van der Waals surface area contributed by atoms with E-state index in [-0.39, 0.29) is 0 Å². The van der Waals surface area contributed by atoms with Crippen LogP contribution in [0.25, 0.3) is 0 Å². The van der Waals surface area contributed by atoms with Crippen molar-refractivity contribution in [3.05, 3.63) is 33.8 Å². The van der Waals surface area contributed by atoms with E-state index in [0.29, 0.717) is 21.9 Å². The van der Waals surface area contributed by atoms with Crippen molar-refractivity contribution in [2.45, 2.75) is 25.7 Å².